The zero-order valence-corrected chi connectivity index (χ0v) is 14.9. The Labute approximate surface area is 155 Å². The van der Waals surface area contributed by atoms with E-state index in [9.17, 15) is 18.0 Å². The summed E-state index contributed by atoms with van der Waals surface area (Å²) in [5.74, 6) is -1.22. The molecule has 0 spiro atoms. The van der Waals surface area contributed by atoms with Crippen LogP contribution < -0.4 is 0 Å². The van der Waals surface area contributed by atoms with E-state index in [4.69, 9.17) is 0 Å². The maximum absolute atomic E-state index is 15.0. The van der Waals surface area contributed by atoms with Gasteiger partial charge in [0.2, 0.25) is 0 Å². The SMILES string of the molecule is CC1([C@@H]2CC=NN2C(=O)N2CC(F)(c3ccccc3)C2)C=C(F)C=C(F)C1. The molecule has 7 heteroatoms. The summed E-state index contributed by atoms with van der Waals surface area (Å²) in [6.07, 6.45) is 4.16. The molecule has 1 aromatic rings. The number of carbonyl (C=O) groups excluding carboxylic acids is 1. The third-order valence-corrected chi connectivity index (χ3v) is 5.54. The quantitative estimate of drug-likeness (QED) is 0.752. The van der Waals surface area contributed by atoms with E-state index in [1.54, 1.807) is 37.4 Å². The number of benzene rings is 1. The van der Waals surface area contributed by atoms with Crippen LogP contribution in [0.3, 0.4) is 0 Å². The van der Waals surface area contributed by atoms with Crippen LogP contribution in [-0.4, -0.2) is 41.3 Å². The zero-order valence-electron chi connectivity index (χ0n) is 14.9. The summed E-state index contributed by atoms with van der Waals surface area (Å²) in [5, 5.41) is 5.36. The van der Waals surface area contributed by atoms with Gasteiger partial charge in [-0.2, -0.15) is 5.10 Å². The molecule has 2 amide bonds. The summed E-state index contributed by atoms with van der Waals surface area (Å²) >= 11 is 0. The van der Waals surface area contributed by atoms with Crippen molar-refractivity contribution in [2.24, 2.45) is 10.5 Å². The highest BCUT2D eigenvalue weighted by Gasteiger charge is 2.51. The Hall–Kier alpha value is -2.57. The number of likely N-dealkylation sites (tertiary alicyclic amines) is 1. The normalized spacial score (nSPS) is 29.3. The number of rotatable bonds is 2. The van der Waals surface area contributed by atoms with Gasteiger partial charge >= 0.3 is 6.03 Å². The van der Waals surface area contributed by atoms with Gasteiger partial charge in [0.05, 0.1) is 19.1 Å². The van der Waals surface area contributed by atoms with E-state index in [0.29, 0.717) is 12.0 Å². The number of halogens is 3. The highest BCUT2D eigenvalue weighted by Crippen LogP contribution is 2.44. The van der Waals surface area contributed by atoms with Crippen molar-refractivity contribution in [3.63, 3.8) is 0 Å². The van der Waals surface area contributed by atoms with Crippen molar-refractivity contribution in [1.82, 2.24) is 9.91 Å². The predicted molar refractivity (Wildman–Crippen MR) is 96.0 cm³/mol. The molecule has 1 saturated heterocycles. The number of hydrogen-bond acceptors (Lipinski definition) is 2. The van der Waals surface area contributed by atoms with Gasteiger partial charge in [0.25, 0.3) is 0 Å². The fraction of sp³-hybridized carbons (Fsp3) is 0.400. The molecule has 1 unspecified atom stereocenters. The first kappa shape index (κ1) is 17.8. The van der Waals surface area contributed by atoms with Gasteiger partial charge in [0.1, 0.15) is 11.7 Å². The monoisotopic (exact) mass is 375 g/mol. The minimum atomic E-state index is -1.58. The van der Waals surface area contributed by atoms with E-state index in [2.05, 4.69) is 5.10 Å². The summed E-state index contributed by atoms with van der Waals surface area (Å²) in [6.45, 7) is 1.58. The molecule has 1 aliphatic carbocycles. The molecule has 0 radical (unpaired) electrons. The van der Waals surface area contributed by atoms with Crippen LogP contribution in [0.25, 0.3) is 0 Å². The average molecular weight is 375 g/mol. The molecule has 2 heterocycles. The van der Waals surface area contributed by atoms with Crippen LogP contribution in [0.1, 0.15) is 25.3 Å². The van der Waals surface area contributed by atoms with Gasteiger partial charge < -0.3 is 4.90 Å². The lowest BCUT2D eigenvalue weighted by Crippen LogP contribution is -2.62. The van der Waals surface area contributed by atoms with Crippen molar-refractivity contribution in [2.75, 3.05) is 13.1 Å². The smallest absolute Gasteiger partial charge is 0.316 e. The average Bonchev–Trinajstić information content (AvgIpc) is 3.08. The lowest BCUT2D eigenvalue weighted by Gasteiger charge is -2.47. The van der Waals surface area contributed by atoms with Gasteiger partial charge in [-0.25, -0.2) is 23.0 Å². The van der Waals surface area contributed by atoms with E-state index in [1.165, 1.54) is 16.0 Å². The molecule has 2 atom stereocenters. The molecule has 1 aromatic carbocycles. The fourth-order valence-electron chi connectivity index (χ4n) is 4.09. The Morgan fingerprint density at radius 2 is 1.93 bits per heavy atom. The molecule has 142 valence electrons. The van der Waals surface area contributed by atoms with E-state index in [0.717, 1.165) is 6.08 Å². The summed E-state index contributed by atoms with van der Waals surface area (Å²) in [5.41, 5.74) is -1.95. The number of urea groups is 1. The van der Waals surface area contributed by atoms with E-state index < -0.39 is 34.8 Å². The summed E-state index contributed by atoms with van der Waals surface area (Å²) in [4.78, 5) is 14.2. The van der Waals surface area contributed by atoms with Gasteiger partial charge in [-0.15, -0.1) is 0 Å². The van der Waals surface area contributed by atoms with Gasteiger partial charge in [-0.1, -0.05) is 37.3 Å². The van der Waals surface area contributed by atoms with Crippen LogP contribution in [-0.2, 0) is 5.67 Å². The summed E-state index contributed by atoms with van der Waals surface area (Å²) in [7, 11) is 0. The van der Waals surface area contributed by atoms with E-state index in [1.807, 2.05) is 6.07 Å². The lowest BCUT2D eigenvalue weighted by atomic mass is 9.75. The van der Waals surface area contributed by atoms with Gasteiger partial charge in [-0.05, 0) is 11.6 Å². The Balaban J connectivity index is 1.48. The van der Waals surface area contributed by atoms with E-state index in [-0.39, 0.29) is 19.5 Å². The topological polar surface area (TPSA) is 35.9 Å². The number of carbonyl (C=O) groups is 1. The number of allylic oxidation sites excluding steroid dienone is 3. The molecule has 3 aliphatic rings. The first-order chi connectivity index (χ1) is 12.8. The maximum atomic E-state index is 15.0. The van der Waals surface area contributed by atoms with Crippen LogP contribution in [0.15, 0.2) is 59.2 Å². The third kappa shape index (κ3) is 3.05. The number of amides is 2. The minimum Gasteiger partial charge on any atom is -0.316 e. The molecular formula is C20H20F3N3O. The standard InChI is InChI=1S/C20H20F3N3O/c1-19(10-15(21)9-16(22)11-19)17-7-8-24-26(17)18(27)25-12-20(23,13-25)14-5-3-2-4-6-14/h2-6,8-10,17H,7,11-13H2,1H3/t17-,19?/m0/s1. The third-order valence-electron chi connectivity index (χ3n) is 5.54. The van der Waals surface area contributed by atoms with Gasteiger partial charge in [-0.3, -0.25) is 0 Å². The first-order valence-electron chi connectivity index (χ1n) is 8.90. The molecule has 4 nitrogen and oxygen atoms in total. The fourth-order valence-corrected chi connectivity index (χ4v) is 4.09. The number of hydrazone groups is 1. The van der Waals surface area contributed by atoms with Crippen LogP contribution in [0.4, 0.5) is 18.0 Å². The van der Waals surface area contributed by atoms with Crippen LogP contribution in [0.2, 0.25) is 0 Å². The summed E-state index contributed by atoms with van der Waals surface area (Å²) < 4.78 is 42.6. The Morgan fingerprint density at radius 3 is 2.59 bits per heavy atom. The van der Waals surface area contributed by atoms with Crippen molar-refractivity contribution in [3.8, 4) is 0 Å². The van der Waals surface area contributed by atoms with Crippen molar-refractivity contribution in [1.29, 1.82) is 0 Å². The lowest BCUT2D eigenvalue weighted by molar-refractivity contribution is -0.0247. The van der Waals surface area contributed by atoms with Crippen molar-refractivity contribution in [3.05, 3.63) is 59.7 Å². The highest BCUT2D eigenvalue weighted by molar-refractivity contribution is 5.79. The second-order valence-corrected chi connectivity index (χ2v) is 7.67. The Bertz CT molecular complexity index is 845. The van der Waals surface area contributed by atoms with Crippen LogP contribution >= 0.6 is 0 Å². The highest BCUT2D eigenvalue weighted by atomic mass is 19.1. The molecule has 0 N–H and O–H groups in total. The molecular weight excluding hydrogens is 355 g/mol. The van der Waals surface area contributed by atoms with Gasteiger partial charge in [0, 0.05) is 30.5 Å². The predicted octanol–water partition coefficient (Wildman–Crippen LogP) is 4.46. The van der Waals surface area contributed by atoms with Crippen molar-refractivity contribution < 1.29 is 18.0 Å². The minimum absolute atomic E-state index is 0.00467. The van der Waals surface area contributed by atoms with Crippen LogP contribution in [0, 0.1) is 5.41 Å². The second kappa shape index (κ2) is 6.25. The Morgan fingerprint density at radius 1 is 1.22 bits per heavy atom. The number of nitrogens with zero attached hydrogens (tertiary/aromatic N) is 3. The second-order valence-electron chi connectivity index (χ2n) is 7.67. The molecule has 0 saturated carbocycles. The van der Waals surface area contributed by atoms with Crippen molar-refractivity contribution >= 4 is 12.2 Å². The maximum Gasteiger partial charge on any atom is 0.340 e. The number of alkyl halides is 1. The molecule has 27 heavy (non-hydrogen) atoms. The molecule has 2 aliphatic heterocycles. The Kier molecular flexibility index (Phi) is 4.13. The van der Waals surface area contributed by atoms with Gasteiger partial charge in [0.15, 0.2) is 5.67 Å². The summed E-state index contributed by atoms with van der Waals surface area (Å²) in [6, 6.07) is 7.77. The largest absolute Gasteiger partial charge is 0.340 e. The molecule has 0 aromatic heterocycles. The molecule has 0 bridgehead atoms. The van der Waals surface area contributed by atoms with Crippen LogP contribution in [0.5, 0.6) is 0 Å². The van der Waals surface area contributed by atoms with Crippen molar-refractivity contribution in [2.45, 2.75) is 31.5 Å². The zero-order chi connectivity index (χ0) is 19.2. The number of hydrogen-bond donors (Lipinski definition) is 0. The molecule has 1 fully saturated rings. The molecule has 4 rings (SSSR count). The first-order valence-corrected chi connectivity index (χ1v) is 8.90. The van der Waals surface area contributed by atoms with E-state index >= 15 is 0 Å².